The summed E-state index contributed by atoms with van der Waals surface area (Å²) in [5.74, 6) is 0.745. The number of nitriles is 1. The molecule has 86 valence electrons. The van der Waals surface area contributed by atoms with E-state index in [2.05, 4.69) is 6.07 Å². The van der Waals surface area contributed by atoms with Crippen LogP contribution in [0.15, 0.2) is 42.5 Å². The summed E-state index contributed by atoms with van der Waals surface area (Å²) in [6, 6.07) is 14.9. The summed E-state index contributed by atoms with van der Waals surface area (Å²) in [5, 5.41) is 8.88. The first kappa shape index (κ1) is 14.2. The zero-order valence-electron chi connectivity index (χ0n) is 10.2. The molecule has 0 radical (unpaired) electrons. The van der Waals surface area contributed by atoms with Crippen LogP contribution in [0.2, 0.25) is 0 Å². The second kappa shape index (κ2) is 6.19. The van der Waals surface area contributed by atoms with E-state index >= 15 is 0 Å². The van der Waals surface area contributed by atoms with E-state index in [-0.39, 0.29) is 19.5 Å². The number of hydrogen-bond acceptors (Lipinski definition) is 3. The smallest absolute Gasteiger partial charge is 0.126 e. The normalized spacial score (nSPS) is 9.11. The molecule has 0 saturated carbocycles. The van der Waals surface area contributed by atoms with Crippen LogP contribution >= 0.6 is 0 Å². The van der Waals surface area contributed by atoms with Crippen LogP contribution in [0.5, 0.6) is 5.75 Å². The molecule has 0 spiro atoms. The van der Waals surface area contributed by atoms with Crippen LogP contribution in [0.3, 0.4) is 0 Å². The third-order valence-corrected chi connectivity index (χ3v) is 2.53. The van der Waals surface area contributed by atoms with Gasteiger partial charge < -0.3 is 10.5 Å². The monoisotopic (exact) mass is 288 g/mol. The van der Waals surface area contributed by atoms with E-state index in [1.165, 1.54) is 0 Å². The van der Waals surface area contributed by atoms with E-state index in [0.29, 0.717) is 11.3 Å². The Morgan fingerprint density at radius 2 is 1.94 bits per heavy atom. The minimum atomic E-state index is 0. The quantitative estimate of drug-likeness (QED) is 0.683. The van der Waals surface area contributed by atoms with Gasteiger partial charge in [0, 0.05) is 30.7 Å². The minimum absolute atomic E-state index is 0. The van der Waals surface area contributed by atoms with E-state index in [4.69, 9.17) is 15.7 Å². The number of methoxy groups -OCH3 is 1. The molecule has 0 fully saturated rings. The predicted octanol–water partition coefficient (Wildman–Crippen LogP) is 2.81. The van der Waals surface area contributed by atoms with Gasteiger partial charge in [-0.2, -0.15) is 5.26 Å². The summed E-state index contributed by atoms with van der Waals surface area (Å²) < 4.78 is 5.29. The molecule has 0 bridgehead atoms. The predicted molar refractivity (Wildman–Crippen MR) is 67.6 cm³/mol. The van der Waals surface area contributed by atoms with Crippen molar-refractivity contribution in [2.45, 2.75) is 0 Å². The van der Waals surface area contributed by atoms with Gasteiger partial charge in [0.25, 0.3) is 0 Å². The van der Waals surface area contributed by atoms with E-state index in [9.17, 15) is 0 Å². The van der Waals surface area contributed by atoms with E-state index in [1.54, 1.807) is 19.2 Å². The Hall–Kier alpha value is -1.85. The maximum Gasteiger partial charge on any atom is 0.126 e. The van der Waals surface area contributed by atoms with Crippen LogP contribution in [-0.2, 0) is 19.5 Å². The summed E-state index contributed by atoms with van der Waals surface area (Å²) in [6.07, 6.45) is 0. The standard InChI is InChI=1S/C14H12N2O.Zn/c1-17-14-6-5-12(16)8-13(14)11-4-2-3-10(7-11)9-15;/h2-8H,16H2,1H3;. The van der Waals surface area contributed by atoms with Crippen molar-refractivity contribution in [1.29, 1.82) is 5.26 Å². The van der Waals surface area contributed by atoms with Gasteiger partial charge >= 0.3 is 0 Å². The molecule has 2 N–H and O–H groups in total. The Morgan fingerprint density at radius 1 is 1.17 bits per heavy atom. The molecule has 0 aromatic heterocycles. The van der Waals surface area contributed by atoms with Crippen molar-refractivity contribution in [3.05, 3.63) is 48.0 Å². The molecule has 0 atom stereocenters. The fourth-order valence-electron chi connectivity index (χ4n) is 1.71. The number of hydrogen-bond donors (Lipinski definition) is 1. The van der Waals surface area contributed by atoms with Crippen molar-refractivity contribution in [1.82, 2.24) is 0 Å². The Kier molecular flexibility index (Phi) is 4.88. The van der Waals surface area contributed by atoms with Crippen molar-refractivity contribution in [2.24, 2.45) is 0 Å². The van der Waals surface area contributed by atoms with Crippen molar-refractivity contribution in [2.75, 3.05) is 12.8 Å². The van der Waals surface area contributed by atoms with E-state index < -0.39 is 0 Å². The average molecular weight is 290 g/mol. The van der Waals surface area contributed by atoms with Crippen molar-refractivity contribution in [3.8, 4) is 22.9 Å². The van der Waals surface area contributed by atoms with Crippen LogP contribution in [0.4, 0.5) is 5.69 Å². The third-order valence-electron chi connectivity index (χ3n) is 2.53. The van der Waals surface area contributed by atoms with Gasteiger partial charge in [0.1, 0.15) is 5.75 Å². The van der Waals surface area contributed by atoms with Gasteiger partial charge in [0.15, 0.2) is 0 Å². The summed E-state index contributed by atoms with van der Waals surface area (Å²) in [5.41, 5.74) is 8.87. The maximum absolute atomic E-state index is 8.88. The minimum Gasteiger partial charge on any atom is -0.496 e. The average Bonchev–Trinajstić information content (AvgIpc) is 2.39. The summed E-state index contributed by atoms with van der Waals surface area (Å²) in [7, 11) is 1.61. The third kappa shape index (κ3) is 2.88. The van der Waals surface area contributed by atoms with Crippen LogP contribution in [0, 0.1) is 11.3 Å². The fourth-order valence-corrected chi connectivity index (χ4v) is 1.71. The Balaban J connectivity index is 0.00000162. The van der Waals surface area contributed by atoms with E-state index in [0.717, 1.165) is 16.9 Å². The summed E-state index contributed by atoms with van der Waals surface area (Å²) >= 11 is 0. The van der Waals surface area contributed by atoms with Crippen LogP contribution in [0.25, 0.3) is 11.1 Å². The van der Waals surface area contributed by atoms with Crippen molar-refractivity contribution in [3.63, 3.8) is 0 Å². The second-order valence-electron chi connectivity index (χ2n) is 3.65. The zero-order valence-corrected chi connectivity index (χ0v) is 13.1. The molecule has 2 aromatic carbocycles. The van der Waals surface area contributed by atoms with Crippen LogP contribution < -0.4 is 10.5 Å². The van der Waals surface area contributed by atoms with Gasteiger partial charge in [0.2, 0.25) is 0 Å². The Labute approximate surface area is 119 Å². The fraction of sp³-hybridized carbons (Fsp3) is 0.0714. The summed E-state index contributed by atoms with van der Waals surface area (Å²) in [6.45, 7) is 0. The molecule has 2 rings (SSSR count). The largest absolute Gasteiger partial charge is 0.496 e. The first-order valence-corrected chi connectivity index (χ1v) is 5.18. The molecule has 4 heteroatoms. The Bertz CT molecular complexity index is 591. The molecule has 0 aliphatic heterocycles. The molecule has 0 amide bonds. The molecule has 0 saturated heterocycles. The molecule has 18 heavy (non-hydrogen) atoms. The number of nitrogens with zero attached hydrogens (tertiary/aromatic N) is 1. The SMILES string of the molecule is COc1ccc(N)cc1-c1cccc(C#N)c1.[Zn]. The van der Waals surface area contributed by atoms with Crippen molar-refractivity contribution < 1.29 is 24.2 Å². The second-order valence-corrected chi connectivity index (χ2v) is 3.65. The topological polar surface area (TPSA) is 59.0 Å². The molecule has 3 nitrogen and oxygen atoms in total. The molecule has 0 aliphatic rings. The van der Waals surface area contributed by atoms with Gasteiger partial charge in [-0.05, 0) is 35.9 Å². The van der Waals surface area contributed by atoms with Gasteiger partial charge in [-0.3, -0.25) is 0 Å². The first-order chi connectivity index (χ1) is 8.24. The van der Waals surface area contributed by atoms with Gasteiger partial charge in [-0.1, -0.05) is 12.1 Å². The van der Waals surface area contributed by atoms with E-state index in [1.807, 2.05) is 30.3 Å². The van der Waals surface area contributed by atoms with Crippen LogP contribution in [0.1, 0.15) is 5.56 Å². The van der Waals surface area contributed by atoms with Crippen LogP contribution in [-0.4, -0.2) is 7.11 Å². The molecule has 0 aliphatic carbocycles. The number of nitrogens with two attached hydrogens (primary N) is 1. The molecular weight excluding hydrogens is 278 g/mol. The number of nitrogen functional groups attached to an aromatic ring is 1. The molecular formula is C14H12N2OZn. The Morgan fingerprint density at radius 3 is 2.61 bits per heavy atom. The molecule has 0 heterocycles. The zero-order chi connectivity index (χ0) is 12.3. The number of rotatable bonds is 2. The summed E-state index contributed by atoms with van der Waals surface area (Å²) in [4.78, 5) is 0. The number of anilines is 1. The van der Waals surface area contributed by atoms with Crippen molar-refractivity contribution >= 4 is 5.69 Å². The van der Waals surface area contributed by atoms with Gasteiger partial charge in [-0.25, -0.2) is 0 Å². The molecule has 0 unspecified atom stereocenters. The molecule has 2 aromatic rings. The van der Waals surface area contributed by atoms with Gasteiger partial charge in [-0.15, -0.1) is 0 Å². The first-order valence-electron chi connectivity index (χ1n) is 5.18. The maximum atomic E-state index is 8.88. The number of benzene rings is 2. The van der Waals surface area contributed by atoms with Gasteiger partial charge in [0.05, 0.1) is 18.7 Å². The number of ether oxygens (including phenoxy) is 1.